The first-order valence-electron chi connectivity index (χ1n) is 7.05. The number of rotatable bonds is 7. The summed E-state index contributed by atoms with van der Waals surface area (Å²) in [5.41, 5.74) is 0.747. The minimum Gasteiger partial charge on any atom is -0.468 e. The number of carbonyl (C=O) groups excluding carboxylic acids is 2. The van der Waals surface area contributed by atoms with Crippen molar-refractivity contribution in [3.8, 4) is 5.88 Å². The van der Waals surface area contributed by atoms with Crippen molar-refractivity contribution in [2.45, 2.75) is 12.7 Å². The molecule has 0 spiro atoms. The van der Waals surface area contributed by atoms with E-state index in [0.29, 0.717) is 11.1 Å². The number of nitrogens with zero attached hydrogens (tertiary/aromatic N) is 1. The van der Waals surface area contributed by atoms with Crippen LogP contribution in [0.3, 0.4) is 0 Å². The zero-order valence-electron chi connectivity index (χ0n) is 12.8. The molecule has 10 heteroatoms. The number of thiophene rings is 1. The number of alkyl halides is 3. The van der Waals surface area contributed by atoms with E-state index < -0.39 is 18.7 Å². The van der Waals surface area contributed by atoms with Crippen molar-refractivity contribution in [1.82, 2.24) is 15.6 Å². The summed E-state index contributed by atoms with van der Waals surface area (Å²) in [5, 5.41) is 8.31. The minimum atomic E-state index is -4.48. The first-order valence-corrected chi connectivity index (χ1v) is 8.00. The standard InChI is InChI=1S/C15H14F3N3O3S/c16-15(17,18)9-24-14-10(2-1-4-19-14)6-20-12(22)7-21-13(23)11-3-5-25-8-11/h1-5,8H,6-7,9H2,(H,20,22)(H,21,23). The van der Waals surface area contributed by atoms with Gasteiger partial charge in [-0.2, -0.15) is 24.5 Å². The Bertz CT molecular complexity index is 720. The van der Waals surface area contributed by atoms with E-state index in [1.165, 1.54) is 29.7 Å². The fourth-order valence-corrected chi connectivity index (χ4v) is 2.39. The van der Waals surface area contributed by atoms with E-state index in [1.54, 1.807) is 16.8 Å². The number of ether oxygens (including phenoxy) is 1. The summed E-state index contributed by atoms with van der Waals surface area (Å²) >= 11 is 1.36. The molecular weight excluding hydrogens is 359 g/mol. The molecule has 25 heavy (non-hydrogen) atoms. The zero-order chi connectivity index (χ0) is 18.3. The summed E-state index contributed by atoms with van der Waals surface area (Å²) in [4.78, 5) is 27.2. The summed E-state index contributed by atoms with van der Waals surface area (Å²) < 4.78 is 41.3. The van der Waals surface area contributed by atoms with E-state index in [1.807, 2.05) is 0 Å². The first-order chi connectivity index (χ1) is 11.8. The van der Waals surface area contributed by atoms with Gasteiger partial charge in [0.1, 0.15) is 0 Å². The Kier molecular flexibility index (Phi) is 6.34. The van der Waals surface area contributed by atoms with Crippen molar-refractivity contribution >= 4 is 23.2 Å². The molecule has 2 aromatic rings. The van der Waals surface area contributed by atoms with E-state index >= 15 is 0 Å². The third kappa shape index (κ3) is 6.42. The third-order valence-corrected chi connectivity index (χ3v) is 3.57. The van der Waals surface area contributed by atoms with Gasteiger partial charge in [-0.15, -0.1) is 0 Å². The Morgan fingerprint density at radius 2 is 2.04 bits per heavy atom. The Balaban J connectivity index is 1.82. The van der Waals surface area contributed by atoms with E-state index in [4.69, 9.17) is 0 Å². The lowest BCUT2D eigenvalue weighted by Crippen LogP contribution is -2.36. The van der Waals surface area contributed by atoms with Gasteiger partial charge >= 0.3 is 6.18 Å². The van der Waals surface area contributed by atoms with Crippen LogP contribution < -0.4 is 15.4 Å². The smallest absolute Gasteiger partial charge is 0.422 e. The number of carbonyl (C=O) groups is 2. The number of halogens is 3. The zero-order valence-corrected chi connectivity index (χ0v) is 13.6. The van der Waals surface area contributed by atoms with Gasteiger partial charge in [0.2, 0.25) is 11.8 Å². The highest BCUT2D eigenvalue weighted by Crippen LogP contribution is 2.19. The molecule has 2 rings (SSSR count). The number of pyridine rings is 1. The van der Waals surface area contributed by atoms with Crippen LogP contribution in [0.15, 0.2) is 35.2 Å². The summed E-state index contributed by atoms with van der Waals surface area (Å²) in [7, 11) is 0. The van der Waals surface area contributed by atoms with Gasteiger partial charge in [-0.1, -0.05) is 6.07 Å². The maximum Gasteiger partial charge on any atom is 0.422 e. The molecule has 0 radical (unpaired) electrons. The molecule has 0 atom stereocenters. The minimum absolute atomic E-state index is 0.0752. The Hall–Kier alpha value is -2.62. The van der Waals surface area contributed by atoms with E-state index in [2.05, 4.69) is 20.4 Å². The van der Waals surface area contributed by atoms with Gasteiger partial charge in [-0.3, -0.25) is 9.59 Å². The van der Waals surface area contributed by atoms with Crippen LogP contribution in [0.5, 0.6) is 5.88 Å². The van der Waals surface area contributed by atoms with Gasteiger partial charge in [0, 0.05) is 29.2 Å². The normalized spacial score (nSPS) is 11.0. The van der Waals surface area contributed by atoms with Gasteiger partial charge in [0.25, 0.3) is 5.91 Å². The number of hydrogen-bond donors (Lipinski definition) is 2. The van der Waals surface area contributed by atoms with Crippen molar-refractivity contribution in [2.75, 3.05) is 13.2 Å². The second kappa shape index (κ2) is 8.47. The fourth-order valence-electron chi connectivity index (χ4n) is 1.75. The van der Waals surface area contributed by atoms with Crippen LogP contribution in [0.2, 0.25) is 0 Å². The molecule has 0 bridgehead atoms. The predicted octanol–water partition coefficient (Wildman–Crippen LogP) is 2.13. The molecule has 2 heterocycles. The molecular formula is C15H14F3N3O3S. The summed E-state index contributed by atoms with van der Waals surface area (Å²) in [5.74, 6) is -1.08. The molecule has 2 amide bonds. The lowest BCUT2D eigenvalue weighted by Gasteiger charge is -2.12. The Morgan fingerprint density at radius 1 is 1.24 bits per heavy atom. The molecule has 0 saturated heterocycles. The molecule has 0 aliphatic heterocycles. The van der Waals surface area contributed by atoms with Crippen LogP contribution in [0.1, 0.15) is 15.9 Å². The number of aromatic nitrogens is 1. The van der Waals surface area contributed by atoms with E-state index in [-0.39, 0.29) is 24.9 Å². The quantitative estimate of drug-likeness (QED) is 0.779. The number of hydrogen-bond acceptors (Lipinski definition) is 5. The van der Waals surface area contributed by atoms with Crippen LogP contribution in [0.25, 0.3) is 0 Å². The highest BCUT2D eigenvalue weighted by Gasteiger charge is 2.29. The maximum absolute atomic E-state index is 12.2. The highest BCUT2D eigenvalue weighted by molar-refractivity contribution is 7.08. The maximum atomic E-state index is 12.2. The van der Waals surface area contributed by atoms with Gasteiger partial charge in [0.15, 0.2) is 6.61 Å². The molecule has 134 valence electrons. The number of nitrogens with one attached hydrogen (secondary N) is 2. The second-order valence-corrected chi connectivity index (χ2v) is 5.62. The largest absolute Gasteiger partial charge is 0.468 e. The summed E-state index contributed by atoms with van der Waals surface area (Å²) in [6, 6.07) is 4.63. The van der Waals surface area contributed by atoms with Gasteiger partial charge in [0.05, 0.1) is 6.54 Å². The van der Waals surface area contributed by atoms with E-state index in [9.17, 15) is 22.8 Å². The molecule has 0 aliphatic rings. The van der Waals surface area contributed by atoms with Crippen molar-refractivity contribution < 1.29 is 27.5 Å². The molecule has 0 saturated carbocycles. The molecule has 0 aromatic carbocycles. The third-order valence-electron chi connectivity index (χ3n) is 2.89. The first kappa shape index (κ1) is 18.7. The Labute approximate surface area is 145 Å². The van der Waals surface area contributed by atoms with Crippen LogP contribution in [0.4, 0.5) is 13.2 Å². The fraction of sp³-hybridized carbons (Fsp3) is 0.267. The van der Waals surface area contributed by atoms with Crippen molar-refractivity contribution in [1.29, 1.82) is 0 Å². The molecule has 0 unspecified atom stereocenters. The van der Waals surface area contributed by atoms with Crippen LogP contribution >= 0.6 is 11.3 Å². The molecule has 2 aromatic heterocycles. The van der Waals surface area contributed by atoms with Crippen molar-refractivity contribution in [2.24, 2.45) is 0 Å². The van der Waals surface area contributed by atoms with E-state index in [0.717, 1.165) is 0 Å². The predicted molar refractivity (Wildman–Crippen MR) is 84.3 cm³/mol. The molecule has 6 nitrogen and oxygen atoms in total. The average molecular weight is 373 g/mol. The molecule has 2 N–H and O–H groups in total. The second-order valence-electron chi connectivity index (χ2n) is 4.84. The van der Waals surface area contributed by atoms with Gasteiger partial charge in [-0.05, 0) is 17.5 Å². The van der Waals surface area contributed by atoms with Gasteiger partial charge in [-0.25, -0.2) is 4.98 Å². The van der Waals surface area contributed by atoms with Crippen LogP contribution in [-0.4, -0.2) is 36.1 Å². The summed E-state index contributed by atoms with van der Waals surface area (Å²) in [6.45, 7) is -1.80. The van der Waals surface area contributed by atoms with Crippen LogP contribution in [-0.2, 0) is 11.3 Å². The SMILES string of the molecule is O=C(CNC(=O)c1ccsc1)NCc1cccnc1OCC(F)(F)F. The molecule has 0 aliphatic carbocycles. The van der Waals surface area contributed by atoms with Gasteiger partial charge < -0.3 is 15.4 Å². The topological polar surface area (TPSA) is 80.3 Å². The Morgan fingerprint density at radius 3 is 2.72 bits per heavy atom. The lowest BCUT2D eigenvalue weighted by atomic mass is 10.2. The number of amides is 2. The monoisotopic (exact) mass is 373 g/mol. The van der Waals surface area contributed by atoms with Crippen molar-refractivity contribution in [3.05, 3.63) is 46.3 Å². The molecule has 0 fully saturated rings. The summed E-state index contributed by atoms with van der Waals surface area (Å²) in [6.07, 6.45) is -3.19. The highest BCUT2D eigenvalue weighted by atomic mass is 32.1. The van der Waals surface area contributed by atoms with Crippen LogP contribution in [0, 0.1) is 0 Å². The lowest BCUT2D eigenvalue weighted by molar-refractivity contribution is -0.154. The average Bonchev–Trinajstić information content (AvgIpc) is 3.10. The van der Waals surface area contributed by atoms with Crippen molar-refractivity contribution in [3.63, 3.8) is 0 Å².